The minimum absolute atomic E-state index is 0.00312. The van der Waals surface area contributed by atoms with E-state index in [0.29, 0.717) is 11.4 Å². The molecule has 0 fully saturated rings. The Kier molecular flexibility index (Phi) is 5.26. The van der Waals surface area contributed by atoms with Crippen molar-refractivity contribution in [3.05, 3.63) is 54.1 Å². The predicted octanol–water partition coefficient (Wildman–Crippen LogP) is 3.78. The molecule has 0 saturated carbocycles. The van der Waals surface area contributed by atoms with Crippen LogP contribution in [0.25, 0.3) is 0 Å². The normalized spacial score (nSPS) is 15.7. The molecule has 1 N–H and O–H groups in total. The average Bonchev–Trinajstić information content (AvgIpc) is 2.91. The SMILES string of the molecule is CC(C)Oc1ccccc1NC(=O)CC(=O)N1c2ccccc2CC1C. The number of fused-ring (bicyclic) bond motifs is 1. The average molecular weight is 352 g/mol. The van der Waals surface area contributed by atoms with Crippen LogP contribution >= 0.6 is 0 Å². The lowest BCUT2D eigenvalue weighted by molar-refractivity contribution is -0.125. The summed E-state index contributed by atoms with van der Waals surface area (Å²) in [6.45, 7) is 5.85. The summed E-state index contributed by atoms with van der Waals surface area (Å²) in [5.74, 6) is 0.0665. The fourth-order valence-corrected chi connectivity index (χ4v) is 3.29. The van der Waals surface area contributed by atoms with Crippen molar-refractivity contribution in [3.8, 4) is 5.75 Å². The number of benzene rings is 2. The van der Waals surface area contributed by atoms with Crippen LogP contribution in [0.15, 0.2) is 48.5 Å². The van der Waals surface area contributed by atoms with E-state index >= 15 is 0 Å². The zero-order chi connectivity index (χ0) is 18.7. The van der Waals surface area contributed by atoms with E-state index in [2.05, 4.69) is 5.32 Å². The van der Waals surface area contributed by atoms with Crippen LogP contribution in [0.4, 0.5) is 11.4 Å². The molecule has 1 heterocycles. The Morgan fingerprint density at radius 2 is 1.85 bits per heavy atom. The first-order valence-corrected chi connectivity index (χ1v) is 8.91. The highest BCUT2D eigenvalue weighted by molar-refractivity contribution is 6.10. The molecule has 2 aromatic rings. The molecule has 0 spiro atoms. The van der Waals surface area contributed by atoms with Crippen LogP contribution in [0.1, 0.15) is 32.8 Å². The molecule has 136 valence electrons. The Balaban J connectivity index is 1.69. The molecule has 1 atom stereocenters. The number of ether oxygens (including phenoxy) is 1. The van der Waals surface area contributed by atoms with Gasteiger partial charge in [-0.25, -0.2) is 0 Å². The third kappa shape index (κ3) is 3.87. The van der Waals surface area contributed by atoms with Crippen molar-refractivity contribution in [2.45, 2.75) is 45.8 Å². The smallest absolute Gasteiger partial charge is 0.236 e. The van der Waals surface area contributed by atoms with Gasteiger partial charge in [0, 0.05) is 11.7 Å². The van der Waals surface area contributed by atoms with Crippen LogP contribution in [-0.2, 0) is 16.0 Å². The molecule has 2 amide bonds. The lowest BCUT2D eigenvalue weighted by Gasteiger charge is -2.22. The molecule has 0 aromatic heterocycles. The van der Waals surface area contributed by atoms with Crippen molar-refractivity contribution in [2.24, 2.45) is 0 Å². The van der Waals surface area contributed by atoms with E-state index in [-0.39, 0.29) is 30.4 Å². The molecule has 1 aliphatic heterocycles. The molecular formula is C21H24N2O3. The fourth-order valence-electron chi connectivity index (χ4n) is 3.29. The maximum Gasteiger partial charge on any atom is 0.236 e. The second kappa shape index (κ2) is 7.60. The van der Waals surface area contributed by atoms with Gasteiger partial charge in [0.15, 0.2) is 0 Å². The lowest BCUT2D eigenvalue weighted by atomic mass is 10.1. The van der Waals surface area contributed by atoms with Crippen LogP contribution in [0.5, 0.6) is 5.75 Å². The largest absolute Gasteiger partial charge is 0.489 e. The zero-order valence-electron chi connectivity index (χ0n) is 15.4. The Hall–Kier alpha value is -2.82. The monoisotopic (exact) mass is 352 g/mol. The number of hydrogen-bond donors (Lipinski definition) is 1. The molecule has 5 nitrogen and oxygen atoms in total. The Morgan fingerprint density at radius 1 is 1.15 bits per heavy atom. The van der Waals surface area contributed by atoms with Gasteiger partial charge in [0.05, 0.1) is 11.8 Å². The number of anilines is 2. The first-order valence-electron chi connectivity index (χ1n) is 8.91. The Labute approximate surface area is 154 Å². The minimum atomic E-state index is -0.341. The Bertz CT molecular complexity index is 816. The van der Waals surface area contributed by atoms with Crippen molar-refractivity contribution in [1.29, 1.82) is 0 Å². The van der Waals surface area contributed by atoms with Crippen LogP contribution < -0.4 is 15.0 Å². The zero-order valence-corrected chi connectivity index (χ0v) is 15.4. The summed E-state index contributed by atoms with van der Waals surface area (Å²) in [6.07, 6.45) is 0.611. The standard InChI is InChI=1S/C21H24N2O3/c1-14(2)26-19-11-7-5-9-17(19)22-20(24)13-21(25)23-15(3)12-16-8-4-6-10-18(16)23/h4-11,14-15H,12-13H2,1-3H3,(H,22,24). The molecule has 0 radical (unpaired) electrons. The lowest BCUT2D eigenvalue weighted by Crippen LogP contribution is -2.37. The van der Waals surface area contributed by atoms with Gasteiger partial charge in [-0.15, -0.1) is 0 Å². The topological polar surface area (TPSA) is 58.6 Å². The van der Waals surface area contributed by atoms with Crippen LogP contribution in [0.2, 0.25) is 0 Å². The number of carbonyl (C=O) groups excluding carboxylic acids is 2. The summed E-state index contributed by atoms with van der Waals surface area (Å²) in [7, 11) is 0. The highest BCUT2D eigenvalue weighted by atomic mass is 16.5. The van der Waals surface area contributed by atoms with Crippen LogP contribution in [0, 0.1) is 0 Å². The number of nitrogens with one attached hydrogen (secondary N) is 1. The van der Waals surface area contributed by atoms with Gasteiger partial charge >= 0.3 is 0 Å². The van der Waals surface area contributed by atoms with E-state index in [9.17, 15) is 9.59 Å². The maximum absolute atomic E-state index is 12.7. The molecule has 2 aromatic carbocycles. The van der Waals surface area contributed by atoms with E-state index in [4.69, 9.17) is 4.74 Å². The van der Waals surface area contributed by atoms with Crippen LogP contribution in [0.3, 0.4) is 0 Å². The summed E-state index contributed by atoms with van der Waals surface area (Å²) >= 11 is 0. The van der Waals surface area contributed by atoms with Gasteiger partial charge in [-0.05, 0) is 51.0 Å². The van der Waals surface area contributed by atoms with Crippen molar-refractivity contribution >= 4 is 23.2 Å². The first-order chi connectivity index (χ1) is 12.5. The van der Waals surface area contributed by atoms with Gasteiger partial charge < -0.3 is 15.0 Å². The second-order valence-corrected chi connectivity index (χ2v) is 6.83. The fraction of sp³-hybridized carbons (Fsp3) is 0.333. The molecule has 0 saturated heterocycles. The maximum atomic E-state index is 12.7. The van der Waals surface area contributed by atoms with E-state index < -0.39 is 0 Å². The van der Waals surface area contributed by atoms with E-state index in [1.807, 2.05) is 57.2 Å². The van der Waals surface area contributed by atoms with Gasteiger partial charge in [-0.1, -0.05) is 30.3 Å². The number of carbonyl (C=O) groups is 2. The van der Waals surface area contributed by atoms with Crippen molar-refractivity contribution < 1.29 is 14.3 Å². The number of nitrogens with zero attached hydrogens (tertiary/aromatic N) is 1. The molecule has 5 heteroatoms. The third-order valence-corrected chi connectivity index (χ3v) is 4.31. The highest BCUT2D eigenvalue weighted by Crippen LogP contribution is 2.32. The van der Waals surface area contributed by atoms with Crippen LogP contribution in [-0.4, -0.2) is 24.0 Å². The predicted molar refractivity (Wildman–Crippen MR) is 103 cm³/mol. The number of amides is 2. The number of hydrogen-bond acceptors (Lipinski definition) is 3. The molecule has 0 bridgehead atoms. The molecule has 3 rings (SSSR count). The Morgan fingerprint density at radius 3 is 2.62 bits per heavy atom. The summed E-state index contributed by atoms with van der Waals surface area (Å²) in [6, 6.07) is 15.1. The molecule has 1 unspecified atom stereocenters. The van der Waals surface area contributed by atoms with Gasteiger partial charge in [0.25, 0.3) is 0 Å². The minimum Gasteiger partial charge on any atom is -0.489 e. The van der Waals surface area contributed by atoms with E-state index in [1.165, 1.54) is 0 Å². The number of para-hydroxylation sites is 3. The van der Waals surface area contributed by atoms with Gasteiger partial charge in [0.2, 0.25) is 11.8 Å². The van der Waals surface area contributed by atoms with Gasteiger partial charge in [-0.2, -0.15) is 0 Å². The van der Waals surface area contributed by atoms with Gasteiger partial charge in [0.1, 0.15) is 12.2 Å². The summed E-state index contributed by atoms with van der Waals surface area (Å²) in [5.41, 5.74) is 2.62. The van der Waals surface area contributed by atoms with Crippen molar-refractivity contribution in [3.63, 3.8) is 0 Å². The molecule has 0 aliphatic carbocycles. The third-order valence-electron chi connectivity index (χ3n) is 4.31. The molecule has 1 aliphatic rings. The quantitative estimate of drug-likeness (QED) is 0.833. The summed E-state index contributed by atoms with van der Waals surface area (Å²) in [4.78, 5) is 26.9. The summed E-state index contributed by atoms with van der Waals surface area (Å²) in [5, 5.41) is 2.80. The van der Waals surface area contributed by atoms with Crippen molar-refractivity contribution in [1.82, 2.24) is 0 Å². The highest BCUT2D eigenvalue weighted by Gasteiger charge is 2.31. The first kappa shape index (κ1) is 18.0. The van der Waals surface area contributed by atoms with E-state index in [0.717, 1.165) is 17.7 Å². The van der Waals surface area contributed by atoms with Crippen molar-refractivity contribution in [2.75, 3.05) is 10.2 Å². The molecular weight excluding hydrogens is 328 g/mol. The molecule has 26 heavy (non-hydrogen) atoms. The van der Waals surface area contributed by atoms with Gasteiger partial charge in [-0.3, -0.25) is 9.59 Å². The van der Waals surface area contributed by atoms with E-state index in [1.54, 1.807) is 17.0 Å². The summed E-state index contributed by atoms with van der Waals surface area (Å²) < 4.78 is 5.70. The second-order valence-electron chi connectivity index (χ2n) is 6.83. The number of rotatable bonds is 5.